The summed E-state index contributed by atoms with van der Waals surface area (Å²) in [6.45, 7) is 0. The third kappa shape index (κ3) is 1.96. The molecule has 0 atom stereocenters. The maximum Gasteiger partial charge on any atom is 0.347 e. The highest BCUT2D eigenvalue weighted by Gasteiger charge is 2.18. The molecule has 0 aliphatic carbocycles. The van der Waals surface area contributed by atoms with Crippen molar-refractivity contribution in [1.82, 2.24) is 4.98 Å². The van der Waals surface area contributed by atoms with Gasteiger partial charge in [0.15, 0.2) is 0 Å². The zero-order chi connectivity index (χ0) is 11.7. The Morgan fingerprint density at radius 1 is 1.44 bits per heavy atom. The molecular weight excluding hydrogens is 256 g/mol. The zero-order valence-electron chi connectivity index (χ0n) is 7.68. The smallest absolute Gasteiger partial charge is 0.347 e. The Bertz CT molecular complexity index is 521. The van der Waals surface area contributed by atoms with Gasteiger partial charge in [0.25, 0.3) is 6.43 Å². The lowest BCUT2D eigenvalue weighted by Gasteiger charge is -1.98. The van der Waals surface area contributed by atoms with E-state index in [0.717, 1.165) is 22.7 Å². The van der Waals surface area contributed by atoms with E-state index in [4.69, 9.17) is 5.11 Å². The summed E-state index contributed by atoms with van der Waals surface area (Å²) in [6.07, 6.45) is -1.40. The minimum atomic E-state index is -2.57. The van der Waals surface area contributed by atoms with Crippen molar-refractivity contribution in [3.63, 3.8) is 0 Å². The molecule has 0 bridgehead atoms. The highest BCUT2D eigenvalue weighted by Crippen LogP contribution is 2.36. The van der Waals surface area contributed by atoms with Gasteiger partial charge in [-0.2, -0.15) is 11.3 Å². The van der Waals surface area contributed by atoms with Gasteiger partial charge < -0.3 is 5.11 Å². The topological polar surface area (TPSA) is 50.2 Å². The normalized spacial score (nSPS) is 10.9. The Morgan fingerprint density at radius 3 is 2.75 bits per heavy atom. The van der Waals surface area contributed by atoms with E-state index in [1.165, 1.54) is 11.6 Å². The first kappa shape index (κ1) is 11.2. The van der Waals surface area contributed by atoms with Crippen molar-refractivity contribution < 1.29 is 18.7 Å². The summed E-state index contributed by atoms with van der Waals surface area (Å²) in [5, 5.41) is 11.9. The highest BCUT2D eigenvalue weighted by atomic mass is 32.1. The van der Waals surface area contributed by atoms with Gasteiger partial charge in [0, 0.05) is 21.9 Å². The predicted molar refractivity (Wildman–Crippen MR) is 57.3 cm³/mol. The van der Waals surface area contributed by atoms with Crippen LogP contribution >= 0.6 is 22.7 Å². The van der Waals surface area contributed by atoms with Crippen LogP contribution in [0.15, 0.2) is 17.0 Å². The summed E-state index contributed by atoms with van der Waals surface area (Å²) in [5.74, 6) is -1.10. The fourth-order valence-corrected chi connectivity index (χ4v) is 2.84. The van der Waals surface area contributed by atoms with E-state index in [9.17, 15) is 13.6 Å². The molecule has 3 nitrogen and oxygen atoms in total. The number of hydrogen-bond acceptors (Lipinski definition) is 4. The Hall–Kier alpha value is -1.34. The third-order valence-corrected chi connectivity index (χ3v) is 3.65. The van der Waals surface area contributed by atoms with Crippen molar-refractivity contribution in [3.05, 3.63) is 27.4 Å². The lowest BCUT2D eigenvalue weighted by atomic mass is 10.2. The van der Waals surface area contributed by atoms with Crippen LogP contribution in [0, 0.1) is 0 Å². The summed E-state index contributed by atoms with van der Waals surface area (Å²) < 4.78 is 25.2. The average Bonchev–Trinajstić information content (AvgIpc) is 2.86. The number of thiazole rings is 1. The van der Waals surface area contributed by atoms with Crippen molar-refractivity contribution in [1.29, 1.82) is 0 Å². The maximum atomic E-state index is 12.6. The second-order valence-electron chi connectivity index (χ2n) is 2.88. The predicted octanol–water partition coefficient (Wildman–Crippen LogP) is 3.51. The number of thiophene rings is 1. The maximum absolute atomic E-state index is 12.6. The van der Waals surface area contributed by atoms with Gasteiger partial charge in [-0.3, -0.25) is 0 Å². The van der Waals surface area contributed by atoms with Crippen LogP contribution in [0.1, 0.15) is 21.7 Å². The molecule has 16 heavy (non-hydrogen) atoms. The van der Waals surface area contributed by atoms with Crippen LogP contribution in [0.3, 0.4) is 0 Å². The monoisotopic (exact) mass is 261 g/mol. The largest absolute Gasteiger partial charge is 0.477 e. The lowest BCUT2D eigenvalue weighted by molar-refractivity contribution is 0.0702. The summed E-state index contributed by atoms with van der Waals surface area (Å²) in [6, 6.07) is 0. The Balaban J connectivity index is 2.42. The van der Waals surface area contributed by atoms with Crippen LogP contribution in [0.4, 0.5) is 8.78 Å². The van der Waals surface area contributed by atoms with E-state index < -0.39 is 12.4 Å². The number of aromatic nitrogens is 1. The van der Waals surface area contributed by atoms with Crippen molar-refractivity contribution in [2.24, 2.45) is 0 Å². The Kier molecular flexibility index (Phi) is 2.97. The van der Waals surface area contributed by atoms with Gasteiger partial charge in [0.2, 0.25) is 0 Å². The summed E-state index contributed by atoms with van der Waals surface area (Å²) >= 11 is 2.04. The van der Waals surface area contributed by atoms with Gasteiger partial charge in [-0.05, 0) is 0 Å². The third-order valence-electron chi connectivity index (χ3n) is 1.87. The molecule has 2 rings (SSSR count). The molecule has 2 heterocycles. The molecule has 0 aliphatic heterocycles. The standard InChI is InChI=1S/C9H5F2NO2S2/c10-7(11)4-2-15-3-5(4)8-12-1-6(16-8)9(13)14/h1-3,7H,(H,13,14). The minimum absolute atomic E-state index is 0.0430. The molecule has 0 amide bonds. The molecule has 0 radical (unpaired) electrons. The Morgan fingerprint density at radius 2 is 2.19 bits per heavy atom. The van der Waals surface area contributed by atoms with E-state index in [1.54, 1.807) is 5.38 Å². The van der Waals surface area contributed by atoms with Crippen molar-refractivity contribution >= 4 is 28.6 Å². The molecule has 0 aromatic carbocycles. The van der Waals surface area contributed by atoms with E-state index >= 15 is 0 Å². The van der Waals surface area contributed by atoms with Crippen molar-refractivity contribution in [2.45, 2.75) is 6.43 Å². The molecular formula is C9H5F2NO2S2. The second-order valence-corrected chi connectivity index (χ2v) is 4.65. The number of carboxylic acid groups (broad SMARTS) is 1. The van der Waals surface area contributed by atoms with Crippen LogP contribution in [-0.4, -0.2) is 16.1 Å². The number of nitrogens with zero attached hydrogens (tertiary/aromatic N) is 1. The number of hydrogen-bond donors (Lipinski definition) is 1. The number of carboxylic acids is 1. The lowest BCUT2D eigenvalue weighted by Crippen LogP contribution is -1.89. The van der Waals surface area contributed by atoms with Crippen LogP contribution in [0.25, 0.3) is 10.6 Å². The molecule has 0 unspecified atom stereocenters. The molecule has 0 saturated carbocycles. The number of rotatable bonds is 3. The Labute approximate surface area is 97.0 Å². The fraction of sp³-hybridized carbons (Fsp3) is 0.111. The van der Waals surface area contributed by atoms with Crippen LogP contribution in [0.5, 0.6) is 0 Å². The van der Waals surface area contributed by atoms with Crippen molar-refractivity contribution in [3.8, 4) is 10.6 Å². The second kappa shape index (κ2) is 4.26. The SMILES string of the molecule is O=C(O)c1cnc(-c2cscc2C(F)F)s1. The molecule has 7 heteroatoms. The molecule has 2 aromatic rings. The van der Waals surface area contributed by atoms with Gasteiger partial charge in [0.1, 0.15) is 9.88 Å². The van der Waals surface area contributed by atoms with E-state index in [-0.39, 0.29) is 10.4 Å². The van der Waals surface area contributed by atoms with Gasteiger partial charge >= 0.3 is 5.97 Å². The first-order valence-corrected chi connectivity index (χ1v) is 5.89. The number of alkyl halides is 2. The van der Waals surface area contributed by atoms with E-state index in [1.807, 2.05) is 0 Å². The van der Waals surface area contributed by atoms with Crippen LogP contribution < -0.4 is 0 Å². The van der Waals surface area contributed by atoms with Gasteiger partial charge in [-0.1, -0.05) is 0 Å². The number of aromatic carboxylic acids is 1. The highest BCUT2D eigenvalue weighted by molar-refractivity contribution is 7.17. The number of carbonyl (C=O) groups is 1. The van der Waals surface area contributed by atoms with E-state index in [2.05, 4.69) is 4.98 Å². The zero-order valence-corrected chi connectivity index (χ0v) is 9.32. The first-order valence-electron chi connectivity index (χ1n) is 4.13. The minimum Gasteiger partial charge on any atom is -0.477 e. The van der Waals surface area contributed by atoms with Gasteiger partial charge in [0.05, 0.1) is 6.20 Å². The van der Waals surface area contributed by atoms with Crippen molar-refractivity contribution in [2.75, 3.05) is 0 Å². The van der Waals surface area contributed by atoms with Crippen LogP contribution in [-0.2, 0) is 0 Å². The first-order chi connectivity index (χ1) is 7.59. The fourth-order valence-electron chi connectivity index (χ4n) is 1.15. The van der Waals surface area contributed by atoms with E-state index in [0.29, 0.717) is 10.6 Å². The summed E-state index contributed by atoms with van der Waals surface area (Å²) in [4.78, 5) is 14.5. The summed E-state index contributed by atoms with van der Waals surface area (Å²) in [7, 11) is 0. The van der Waals surface area contributed by atoms with Gasteiger partial charge in [-0.25, -0.2) is 18.6 Å². The summed E-state index contributed by atoms with van der Waals surface area (Å²) in [5.41, 5.74) is 0.216. The molecule has 84 valence electrons. The van der Waals surface area contributed by atoms with Crippen LogP contribution in [0.2, 0.25) is 0 Å². The molecule has 1 N–H and O–H groups in total. The average molecular weight is 261 g/mol. The molecule has 0 fully saturated rings. The quantitative estimate of drug-likeness (QED) is 0.919. The number of halogens is 2. The molecule has 0 spiro atoms. The molecule has 2 aromatic heterocycles. The van der Waals surface area contributed by atoms with Gasteiger partial charge in [-0.15, -0.1) is 11.3 Å². The molecule has 0 aliphatic rings. The molecule has 0 saturated heterocycles.